The van der Waals surface area contributed by atoms with Crippen molar-refractivity contribution in [2.24, 2.45) is 0 Å². The van der Waals surface area contributed by atoms with Gasteiger partial charge in [-0.3, -0.25) is 13.9 Å². The van der Waals surface area contributed by atoms with E-state index in [0.717, 1.165) is 33.8 Å². The highest BCUT2D eigenvalue weighted by atomic mass is 35.5. The second-order valence-corrected chi connectivity index (χ2v) is 13.1. The van der Waals surface area contributed by atoms with E-state index in [1.54, 1.807) is 42.5 Å². The van der Waals surface area contributed by atoms with Gasteiger partial charge in [-0.05, 0) is 81.1 Å². The molecule has 0 aliphatic rings. The quantitative estimate of drug-likeness (QED) is 0.209. The number of sulfonamides is 1. The van der Waals surface area contributed by atoms with Crippen LogP contribution in [0.1, 0.15) is 55.4 Å². The Bertz CT molecular complexity index is 1470. The summed E-state index contributed by atoms with van der Waals surface area (Å²) in [7, 11) is -4.16. The summed E-state index contributed by atoms with van der Waals surface area (Å²) >= 11 is 13.0. The lowest BCUT2D eigenvalue weighted by atomic mass is 10.1. The van der Waals surface area contributed by atoms with E-state index in [4.69, 9.17) is 23.2 Å². The molecule has 42 heavy (non-hydrogen) atoms. The van der Waals surface area contributed by atoms with Crippen LogP contribution in [0.15, 0.2) is 65.6 Å². The average molecular weight is 633 g/mol. The molecule has 0 aliphatic heterocycles. The lowest BCUT2D eigenvalue weighted by Gasteiger charge is -2.33. The van der Waals surface area contributed by atoms with Gasteiger partial charge in [0.25, 0.3) is 10.0 Å². The van der Waals surface area contributed by atoms with Crippen molar-refractivity contribution in [2.45, 2.75) is 71.4 Å². The third kappa shape index (κ3) is 8.27. The van der Waals surface area contributed by atoms with E-state index in [1.165, 1.54) is 17.0 Å². The molecule has 10 heteroatoms. The Morgan fingerprint density at radius 3 is 2.02 bits per heavy atom. The first-order chi connectivity index (χ1) is 19.9. The van der Waals surface area contributed by atoms with E-state index in [0.29, 0.717) is 34.3 Å². The van der Waals surface area contributed by atoms with E-state index in [9.17, 15) is 18.0 Å². The lowest BCUT2D eigenvalue weighted by molar-refractivity contribution is -0.140. The Labute approximate surface area is 259 Å². The van der Waals surface area contributed by atoms with Crippen LogP contribution in [-0.4, -0.2) is 44.3 Å². The minimum absolute atomic E-state index is 0.0603. The van der Waals surface area contributed by atoms with Gasteiger partial charge >= 0.3 is 0 Å². The molecule has 0 bridgehead atoms. The average Bonchev–Trinajstić information content (AvgIpc) is 2.92. The topological polar surface area (TPSA) is 86.8 Å². The first-order valence-corrected chi connectivity index (χ1v) is 16.3. The maximum absolute atomic E-state index is 14.2. The van der Waals surface area contributed by atoms with Gasteiger partial charge in [-0.1, -0.05) is 73.3 Å². The van der Waals surface area contributed by atoms with Crippen LogP contribution in [0.3, 0.4) is 0 Å². The Balaban J connectivity index is 2.11. The summed E-state index contributed by atoms with van der Waals surface area (Å²) < 4.78 is 29.3. The zero-order chi connectivity index (χ0) is 31.0. The summed E-state index contributed by atoms with van der Waals surface area (Å²) in [5.74, 6) is -0.875. The fraction of sp³-hybridized carbons (Fsp3) is 0.375. The number of benzene rings is 3. The molecule has 1 N–H and O–H groups in total. The lowest BCUT2D eigenvalue weighted by Crippen LogP contribution is -2.52. The van der Waals surface area contributed by atoms with Crippen molar-refractivity contribution in [3.8, 4) is 0 Å². The van der Waals surface area contributed by atoms with E-state index in [1.807, 2.05) is 40.7 Å². The molecule has 0 saturated carbocycles. The van der Waals surface area contributed by atoms with Gasteiger partial charge in [-0.15, -0.1) is 0 Å². The predicted molar refractivity (Wildman–Crippen MR) is 171 cm³/mol. The van der Waals surface area contributed by atoms with Crippen LogP contribution in [0.25, 0.3) is 0 Å². The molecule has 2 amide bonds. The summed E-state index contributed by atoms with van der Waals surface area (Å²) in [6.07, 6.45) is 2.00. The number of anilines is 1. The molecule has 0 unspecified atom stereocenters. The van der Waals surface area contributed by atoms with Crippen LogP contribution in [0, 0.1) is 20.8 Å². The van der Waals surface area contributed by atoms with Crippen molar-refractivity contribution in [2.75, 3.05) is 17.4 Å². The van der Waals surface area contributed by atoms with Gasteiger partial charge in [0.05, 0.1) is 10.6 Å². The first kappa shape index (κ1) is 33.4. The smallest absolute Gasteiger partial charge is 0.264 e. The van der Waals surface area contributed by atoms with Crippen molar-refractivity contribution in [1.82, 2.24) is 10.2 Å². The van der Waals surface area contributed by atoms with E-state index < -0.39 is 28.5 Å². The molecule has 1 atom stereocenters. The zero-order valence-corrected chi connectivity index (χ0v) is 27.1. The summed E-state index contributed by atoms with van der Waals surface area (Å²) in [5, 5.41) is 3.61. The minimum Gasteiger partial charge on any atom is -0.354 e. The minimum atomic E-state index is -4.16. The molecule has 3 rings (SSSR count). The third-order valence-electron chi connectivity index (χ3n) is 6.99. The number of rotatable bonds is 13. The highest BCUT2D eigenvalue weighted by molar-refractivity contribution is 7.92. The normalized spacial score (nSPS) is 12.1. The number of carbonyl (C=O) groups excluding carboxylic acids is 2. The van der Waals surface area contributed by atoms with Crippen molar-refractivity contribution >= 4 is 50.7 Å². The second-order valence-electron chi connectivity index (χ2n) is 10.5. The summed E-state index contributed by atoms with van der Waals surface area (Å²) in [6, 6.07) is 16.0. The Hall–Kier alpha value is -3.07. The SMILES string of the molecule is CCCCNC(=O)[C@@H](CC)N(Cc1c(Cl)cccc1Cl)C(=O)CN(c1cc(C)cc(C)c1)S(=O)(=O)c1ccc(C)cc1. The molecule has 0 aromatic heterocycles. The van der Waals surface area contributed by atoms with Gasteiger partial charge in [-0.25, -0.2) is 8.42 Å². The number of unbranched alkanes of at least 4 members (excludes halogenated alkanes) is 1. The maximum atomic E-state index is 14.2. The molecular weight excluding hydrogens is 593 g/mol. The van der Waals surface area contributed by atoms with Crippen LogP contribution in [-0.2, 0) is 26.2 Å². The van der Waals surface area contributed by atoms with Gasteiger partial charge < -0.3 is 10.2 Å². The molecule has 0 heterocycles. The second kappa shape index (κ2) is 14.9. The number of nitrogens with zero attached hydrogens (tertiary/aromatic N) is 2. The number of nitrogens with one attached hydrogen (secondary N) is 1. The fourth-order valence-corrected chi connectivity index (χ4v) is 6.66. The maximum Gasteiger partial charge on any atom is 0.264 e. The van der Waals surface area contributed by atoms with E-state index in [-0.39, 0.29) is 17.3 Å². The van der Waals surface area contributed by atoms with Gasteiger partial charge in [0.1, 0.15) is 12.6 Å². The van der Waals surface area contributed by atoms with Crippen LogP contribution >= 0.6 is 23.2 Å². The number of carbonyl (C=O) groups is 2. The van der Waals surface area contributed by atoms with Gasteiger partial charge in [0.15, 0.2) is 0 Å². The zero-order valence-electron chi connectivity index (χ0n) is 24.8. The van der Waals surface area contributed by atoms with Crippen LogP contribution in [0.2, 0.25) is 10.0 Å². The van der Waals surface area contributed by atoms with Gasteiger partial charge in [-0.2, -0.15) is 0 Å². The van der Waals surface area contributed by atoms with Crippen molar-refractivity contribution < 1.29 is 18.0 Å². The number of hydrogen-bond acceptors (Lipinski definition) is 4. The first-order valence-electron chi connectivity index (χ1n) is 14.1. The van der Waals surface area contributed by atoms with Crippen LogP contribution in [0.4, 0.5) is 5.69 Å². The molecule has 7 nitrogen and oxygen atoms in total. The standard InChI is InChI=1S/C32H39Cl2N3O4S/c1-6-8-16-35-32(39)30(7-2)36(20-27-28(33)10-9-11-29(27)34)31(38)21-37(25-18-23(4)17-24(5)19-25)42(40,41)26-14-12-22(3)13-15-26/h9-15,17-19,30H,6-8,16,20-21H2,1-5H3,(H,35,39)/t30-/m1/s1. The predicted octanol–water partition coefficient (Wildman–Crippen LogP) is 6.84. The van der Waals surface area contributed by atoms with E-state index >= 15 is 0 Å². The Morgan fingerprint density at radius 2 is 1.48 bits per heavy atom. The summed E-state index contributed by atoms with van der Waals surface area (Å²) in [5.41, 5.74) is 3.45. The third-order valence-corrected chi connectivity index (χ3v) is 9.48. The fourth-order valence-electron chi connectivity index (χ4n) is 4.74. The molecule has 0 aliphatic carbocycles. The Morgan fingerprint density at radius 1 is 0.881 bits per heavy atom. The molecule has 0 radical (unpaired) electrons. The number of halogens is 2. The monoisotopic (exact) mass is 631 g/mol. The molecular formula is C32H39Cl2N3O4S. The van der Waals surface area contributed by atoms with Crippen molar-refractivity contribution in [3.05, 3.63) is 93.0 Å². The molecule has 0 fully saturated rings. The molecule has 3 aromatic rings. The highest BCUT2D eigenvalue weighted by Gasteiger charge is 2.34. The van der Waals surface area contributed by atoms with Crippen LogP contribution < -0.4 is 9.62 Å². The van der Waals surface area contributed by atoms with Crippen molar-refractivity contribution in [1.29, 1.82) is 0 Å². The van der Waals surface area contributed by atoms with Crippen LogP contribution in [0.5, 0.6) is 0 Å². The largest absolute Gasteiger partial charge is 0.354 e. The molecule has 0 spiro atoms. The number of amides is 2. The molecule has 226 valence electrons. The highest BCUT2D eigenvalue weighted by Crippen LogP contribution is 2.29. The summed E-state index contributed by atoms with van der Waals surface area (Å²) in [4.78, 5) is 29.0. The van der Waals surface area contributed by atoms with E-state index in [2.05, 4.69) is 5.32 Å². The number of aryl methyl sites for hydroxylation is 3. The summed E-state index contributed by atoms with van der Waals surface area (Å²) in [6.45, 7) is 9.32. The molecule has 0 saturated heterocycles. The van der Waals surface area contributed by atoms with Crippen molar-refractivity contribution in [3.63, 3.8) is 0 Å². The van der Waals surface area contributed by atoms with Gasteiger partial charge in [0.2, 0.25) is 11.8 Å². The molecule has 3 aromatic carbocycles. The Kier molecular flexibility index (Phi) is 11.9. The number of hydrogen-bond donors (Lipinski definition) is 1. The van der Waals surface area contributed by atoms with Gasteiger partial charge in [0, 0.05) is 28.7 Å².